The lowest BCUT2D eigenvalue weighted by atomic mass is 9.90. The molecule has 0 spiro atoms. The van der Waals surface area contributed by atoms with Crippen molar-refractivity contribution in [1.82, 2.24) is 29.6 Å². The lowest BCUT2D eigenvalue weighted by molar-refractivity contribution is 0.00791. The molecule has 9 nitrogen and oxygen atoms in total. The van der Waals surface area contributed by atoms with Crippen LogP contribution in [0.2, 0.25) is 0 Å². The second kappa shape index (κ2) is 9.68. The van der Waals surface area contributed by atoms with Crippen molar-refractivity contribution < 1.29 is 4.74 Å². The van der Waals surface area contributed by atoms with E-state index < -0.39 is 0 Å². The van der Waals surface area contributed by atoms with E-state index >= 15 is 0 Å². The number of hydrogen-bond acceptors (Lipinski definition) is 9. The third-order valence-corrected chi connectivity index (χ3v) is 7.51. The molecule has 3 aromatic heterocycles. The average molecular weight is 457 g/mol. The Labute approximate surface area is 192 Å². The van der Waals surface area contributed by atoms with Crippen molar-refractivity contribution in [2.24, 2.45) is 0 Å². The first-order valence-corrected chi connectivity index (χ1v) is 12.6. The summed E-state index contributed by atoms with van der Waals surface area (Å²) in [6.07, 6.45) is 9.39. The fourth-order valence-electron chi connectivity index (χ4n) is 4.62. The zero-order valence-corrected chi connectivity index (χ0v) is 19.7. The van der Waals surface area contributed by atoms with Crippen LogP contribution in [0.1, 0.15) is 44.5 Å². The first-order valence-electron chi connectivity index (χ1n) is 11.8. The van der Waals surface area contributed by atoms with Crippen LogP contribution < -0.4 is 10.6 Å². The SMILES string of the molecule is CCc1nc2c(N[C@H]3CC[C@H](N4CCOCC4)CC3)nc(Nc3cnn(CC)c3)nc2s1. The number of anilines is 3. The molecule has 3 aromatic rings. The minimum Gasteiger partial charge on any atom is -0.379 e. The minimum atomic E-state index is 0.410. The lowest BCUT2D eigenvalue weighted by Gasteiger charge is -2.39. The summed E-state index contributed by atoms with van der Waals surface area (Å²) < 4.78 is 7.40. The van der Waals surface area contributed by atoms with Gasteiger partial charge in [0.2, 0.25) is 5.95 Å². The molecule has 172 valence electrons. The zero-order valence-electron chi connectivity index (χ0n) is 18.9. The van der Waals surface area contributed by atoms with Crippen LogP contribution in [0.3, 0.4) is 0 Å². The molecule has 1 aliphatic carbocycles. The number of ether oxygens (including phenoxy) is 1. The highest BCUT2D eigenvalue weighted by Gasteiger charge is 2.27. The molecule has 32 heavy (non-hydrogen) atoms. The van der Waals surface area contributed by atoms with E-state index in [9.17, 15) is 0 Å². The molecule has 0 bridgehead atoms. The van der Waals surface area contributed by atoms with E-state index in [2.05, 4.69) is 34.5 Å². The fraction of sp³-hybridized carbons (Fsp3) is 0.636. The highest BCUT2D eigenvalue weighted by atomic mass is 32.1. The Hall–Kier alpha value is -2.30. The molecule has 0 atom stereocenters. The van der Waals surface area contributed by atoms with Crippen molar-refractivity contribution in [3.63, 3.8) is 0 Å². The van der Waals surface area contributed by atoms with Crippen molar-refractivity contribution >= 4 is 39.1 Å². The number of morpholine rings is 1. The number of rotatable bonds is 7. The summed E-state index contributed by atoms with van der Waals surface area (Å²) in [6, 6.07) is 1.09. The molecule has 0 amide bonds. The van der Waals surface area contributed by atoms with E-state index in [1.165, 1.54) is 12.8 Å². The summed E-state index contributed by atoms with van der Waals surface area (Å²) >= 11 is 1.65. The molecule has 0 unspecified atom stereocenters. The van der Waals surface area contributed by atoms with Gasteiger partial charge in [0.25, 0.3) is 0 Å². The zero-order chi connectivity index (χ0) is 21.9. The molecule has 0 aromatic carbocycles. The summed E-state index contributed by atoms with van der Waals surface area (Å²) in [5, 5.41) is 12.5. The van der Waals surface area contributed by atoms with Crippen molar-refractivity contribution in [2.45, 2.75) is 64.6 Å². The number of hydrogen-bond donors (Lipinski definition) is 2. The van der Waals surface area contributed by atoms with Crippen LogP contribution >= 0.6 is 11.3 Å². The number of thiazole rings is 1. The standard InChI is InChI=1S/C22H32N8OS/c1-3-18-26-19-20(24-15-5-7-17(8-6-15)29-9-11-31-12-10-29)27-22(28-21(19)32-18)25-16-13-23-30(4-2)14-16/h13-15,17H,3-12H2,1-2H3,(H2,24,25,27,28)/t15-,17-. The van der Waals surface area contributed by atoms with Crippen molar-refractivity contribution in [1.29, 1.82) is 0 Å². The third kappa shape index (κ3) is 4.72. The van der Waals surface area contributed by atoms with Gasteiger partial charge in [-0.2, -0.15) is 15.1 Å². The molecule has 1 saturated heterocycles. The molecule has 1 aliphatic heterocycles. The average Bonchev–Trinajstić information content (AvgIpc) is 3.47. The van der Waals surface area contributed by atoms with Crippen LogP contribution in [-0.4, -0.2) is 68.0 Å². The molecule has 0 radical (unpaired) electrons. The van der Waals surface area contributed by atoms with E-state index in [4.69, 9.17) is 19.7 Å². The maximum Gasteiger partial charge on any atom is 0.230 e. The van der Waals surface area contributed by atoms with Gasteiger partial charge >= 0.3 is 0 Å². The Morgan fingerprint density at radius 3 is 2.62 bits per heavy atom. The van der Waals surface area contributed by atoms with Crippen LogP contribution in [0.4, 0.5) is 17.5 Å². The molecule has 2 aliphatic rings. The molecule has 4 heterocycles. The predicted molar refractivity (Wildman–Crippen MR) is 128 cm³/mol. The van der Waals surface area contributed by atoms with Crippen molar-refractivity contribution in [3.05, 3.63) is 17.4 Å². The largest absolute Gasteiger partial charge is 0.379 e. The molecule has 1 saturated carbocycles. The van der Waals surface area contributed by atoms with Gasteiger partial charge in [0, 0.05) is 37.9 Å². The Morgan fingerprint density at radius 2 is 1.91 bits per heavy atom. The number of aromatic nitrogens is 5. The molecule has 5 rings (SSSR count). The van der Waals surface area contributed by atoms with E-state index in [0.717, 1.165) is 79.0 Å². The second-order valence-corrected chi connectivity index (χ2v) is 9.58. The van der Waals surface area contributed by atoms with Gasteiger partial charge in [-0.1, -0.05) is 18.3 Å². The third-order valence-electron chi connectivity index (χ3n) is 6.42. The fourth-order valence-corrected chi connectivity index (χ4v) is 5.50. The van der Waals surface area contributed by atoms with Crippen LogP contribution in [0.25, 0.3) is 10.3 Å². The smallest absolute Gasteiger partial charge is 0.230 e. The number of aryl methyl sites for hydroxylation is 2. The first kappa shape index (κ1) is 21.5. The Morgan fingerprint density at radius 1 is 1.09 bits per heavy atom. The molecule has 10 heteroatoms. The van der Waals surface area contributed by atoms with Gasteiger partial charge in [-0.3, -0.25) is 9.58 Å². The van der Waals surface area contributed by atoms with Crippen LogP contribution in [0, 0.1) is 0 Å². The summed E-state index contributed by atoms with van der Waals surface area (Å²) in [7, 11) is 0. The summed E-state index contributed by atoms with van der Waals surface area (Å²) in [5.41, 5.74) is 1.78. The molecular formula is C22H32N8OS. The highest BCUT2D eigenvalue weighted by Crippen LogP contribution is 2.31. The number of nitrogens with one attached hydrogen (secondary N) is 2. The van der Waals surface area contributed by atoms with Gasteiger partial charge < -0.3 is 15.4 Å². The van der Waals surface area contributed by atoms with Gasteiger partial charge in [-0.15, -0.1) is 0 Å². The maximum atomic E-state index is 5.52. The minimum absolute atomic E-state index is 0.410. The predicted octanol–water partition coefficient (Wildman–Crippen LogP) is 3.66. The Bertz CT molecular complexity index is 1040. The van der Waals surface area contributed by atoms with Gasteiger partial charge in [-0.25, -0.2) is 4.98 Å². The quantitative estimate of drug-likeness (QED) is 0.556. The topological polar surface area (TPSA) is 93.0 Å². The number of fused-ring (bicyclic) bond motifs is 1. The second-order valence-electron chi connectivity index (χ2n) is 8.52. The van der Waals surface area contributed by atoms with E-state index in [1.54, 1.807) is 17.5 Å². The van der Waals surface area contributed by atoms with Crippen LogP contribution in [0.15, 0.2) is 12.4 Å². The van der Waals surface area contributed by atoms with Gasteiger partial charge in [0.1, 0.15) is 5.52 Å². The van der Waals surface area contributed by atoms with Gasteiger partial charge in [0.05, 0.1) is 30.1 Å². The number of nitrogens with zero attached hydrogens (tertiary/aromatic N) is 6. The van der Waals surface area contributed by atoms with E-state index in [1.807, 2.05) is 10.9 Å². The lowest BCUT2D eigenvalue weighted by Crippen LogP contribution is -2.46. The summed E-state index contributed by atoms with van der Waals surface area (Å²) in [4.78, 5) is 17.9. The summed E-state index contributed by atoms with van der Waals surface area (Å²) in [5.74, 6) is 1.43. The first-order chi connectivity index (χ1) is 15.7. The van der Waals surface area contributed by atoms with Crippen molar-refractivity contribution in [2.75, 3.05) is 36.9 Å². The van der Waals surface area contributed by atoms with E-state index in [-0.39, 0.29) is 0 Å². The molecule has 2 fully saturated rings. The molecular weight excluding hydrogens is 424 g/mol. The molecule has 2 N–H and O–H groups in total. The van der Waals surface area contributed by atoms with Gasteiger partial charge in [-0.05, 0) is 39.0 Å². The van der Waals surface area contributed by atoms with Crippen LogP contribution in [0.5, 0.6) is 0 Å². The van der Waals surface area contributed by atoms with Crippen molar-refractivity contribution in [3.8, 4) is 0 Å². The maximum absolute atomic E-state index is 5.52. The Balaban J connectivity index is 1.32. The van der Waals surface area contributed by atoms with Gasteiger partial charge in [0.15, 0.2) is 10.6 Å². The van der Waals surface area contributed by atoms with Crippen LogP contribution in [-0.2, 0) is 17.7 Å². The van der Waals surface area contributed by atoms with E-state index in [0.29, 0.717) is 18.0 Å². The highest BCUT2D eigenvalue weighted by molar-refractivity contribution is 7.18. The monoisotopic (exact) mass is 456 g/mol. The normalized spacial score (nSPS) is 22.3. The Kier molecular flexibility index (Phi) is 6.52. The summed E-state index contributed by atoms with van der Waals surface area (Å²) in [6.45, 7) is 8.90.